The van der Waals surface area contributed by atoms with E-state index in [0.29, 0.717) is 51.0 Å². The third-order valence-corrected chi connectivity index (χ3v) is 5.92. The highest BCUT2D eigenvalue weighted by molar-refractivity contribution is 5.94. The molecule has 2 aromatic carbocycles. The molecule has 172 valence electrons. The lowest BCUT2D eigenvalue weighted by Crippen LogP contribution is -2.44. The molecule has 2 aliphatic heterocycles. The molecular formula is C25H30FNO5. The molecule has 0 bridgehead atoms. The lowest BCUT2D eigenvalue weighted by Gasteiger charge is -2.37. The summed E-state index contributed by atoms with van der Waals surface area (Å²) >= 11 is 0. The Morgan fingerprint density at radius 1 is 1.22 bits per heavy atom. The van der Waals surface area contributed by atoms with Crippen molar-refractivity contribution in [2.24, 2.45) is 5.41 Å². The third kappa shape index (κ3) is 5.22. The van der Waals surface area contributed by atoms with E-state index in [4.69, 9.17) is 18.9 Å². The van der Waals surface area contributed by atoms with Crippen molar-refractivity contribution in [2.45, 2.75) is 32.4 Å². The van der Waals surface area contributed by atoms with Crippen LogP contribution in [0.5, 0.6) is 11.5 Å². The number of benzene rings is 2. The van der Waals surface area contributed by atoms with Crippen LogP contribution < -0.4 is 9.47 Å². The molecule has 0 saturated carbocycles. The van der Waals surface area contributed by atoms with Gasteiger partial charge >= 0.3 is 0 Å². The Balaban J connectivity index is 1.54. The zero-order valence-corrected chi connectivity index (χ0v) is 18.6. The average molecular weight is 444 g/mol. The minimum Gasteiger partial charge on any atom is -0.493 e. The minimum atomic E-state index is -0.524. The summed E-state index contributed by atoms with van der Waals surface area (Å²) in [6.45, 7) is 5.38. The van der Waals surface area contributed by atoms with Crippen molar-refractivity contribution in [3.05, 3.63) is 59.4 Å². The van der Waals surface area contributed by atoms with Crippen molar-refractivity contribution in [1.29, 1.82) is 0 Å². The molecule has 32 heavy (non-hydrogen) atoms. The molecule has 2 saturated heterocycles. The molecule has 2 aromatic rings. The van der Waals surface area contributed by atoms with Crippen LogP contribution in [0.3, 0.4) is 0 Å². The molecule has 0 aliphatic carbocycles. The van der Waals surface area contributed by atoms with Crippen LogP contribution in [0.2, 0.25) is 0 Å². The number of rotatable bonds is 9. The van der Waals surface area contributed by atoms with Gasteiger partial charge in [0.15, 0.2) is 11.5 Å². The Kier molecular flexibility index (Phi) is 6.96. The van der Waals surface area contributed by atoms with Crippen LogP contribution in [0.1, 0.15) is 35.7 Å². The van der Waals surface area contributed by atoms with Crippen molar-refractivity contribution >= 4 is 5.91 Å². The maximum absolute atomic E-state index is 14.3. The number of nitrogens with zero attached hydrogens (tertiary/aromatic N) is 1. The molecule has 0 aromatic heterocycles. The molecule has 6 nitrogen and oxygen atoms in total. The Labute approximate surface area is 188 Å². The maximum Gasteiger partial charge on any atom is 0.257 e. The Morgan fingerprint density at radius 3 is 2.69 bits per heavy atom. The van der Waals surface area contributed by atoms with Gasteiger partial charge in [-0.25, -0.2) is 4.39 Å². The van der Waals surface area contributed by atoms with Crippen LogP contribution in [0, 0.1) is 11.2 Å². The number of hydrogen-bond acceptors (Lipinski definition) is 5. The van der Waals surface area contributed by atoms with Gasteiger partial charge in [0.25, 0.3) is 5.91 Å². The quantitative estimate of drug-likeness (QED) is 0.585. The van der Waals surface area contributed by atoms with E-state index < -0.39 is 5.82 Å². The first-order chi connectivity index (χ1) is 15.5. The fraction of sp³-hybridized carbons (Fsp3) is 0.480. The van der Waals surface area contributed by atoms with Crippen LogP contribution in [-0.4, -0.2) is 57.0 Å². The van der Waals surface area contributed by atoms with Crippen LogP contribution in [0.4, 0.5) is 4.39 Å². The van der Waals surface area contributed by atoms with Gasteiger partial charge in [0, 0.05) is 25.1 Å². The molecule has 2 fully saturated rings. The van der Waals surface area contributed by atoms with Crippen molar-refractivity contribution < 1.29 is 28.1 Å². The van der Waals surface area contributed by atoms with Crippen LogP contribution in [0.15, 0.2) is 42.5 Å². The van der Waals surface area contributed by atoms with E-state index in [1.807, 2.05) is 18.2 Å². The summed E-state index contributed by atoms with van der Waals surface area (Å²) in [7, 11) is 1.60. The van der Waals surface area contributed by atoms with Crippen LogP contribution >= 0.6 is 0 Å². The maximum atomic E-state index is 14.3. The monoisotopic (exact) mass is 443 g/mol. The highest BCUT2D eigenvalue weighted by Crippen LogP contribution is 2.33. The first-order valence-corrected chi connectivity index (χ1v) is 11.0. The van der Waals surface area contributed by atoms with Crippen LogP contribution in [0.25, 0.3) is 0 Å². The zero-order valence-electron chi connectivity index (χ0n) is 18.6. The van der Waals surface area contributed by atoms with Crippen molar-refractivity contribution in [1.82, 2.24) is 4.90 Å². The van der Waals surface area contributed by atoms with Gasteiger partial charge in [0.1, 0.15) is 5.82 Å². The molecule has 2 aliphatic rings. The lowest BCUT2D eigenvalue weighted by atomic mass is 9.90. The van der Waals surface area contributed by atoms with Crippen molar-refractivity contribution in [3.8, 4) is 11.5 Å². The molecular weight excluding hydrogens is 413 g/mol. The first-order valence-electron chi connectivity index (χ1n) is 11.0. The summed E-state index contributed by atoms with van der Waals surface area (Å²) < 4.78 is 36.9. The second-order valence-electron chi connectivity index (χ2n) is 8.88. The smallest absolute Gasteiger partial charge is 0.257 e. The fourth-order valence-electron chi connectivity index (χ4n) is 4.00. The number of carbonyl (C=O) groups excluding carboxylic acids is 1. The Morgan fingerprint density at radius 2 is 2.03 bits per heavy atom. The van der Waals surface area contributed by atoms with E-state index in [1.165, 1.54) is 12.1 Å². The van der Waals surface area contributed by atoms with E-state index in [9.17, 15) is 9.18 Å². The summed E-state index contributed by atoms with van der Waals surface area (Å²) in [5.74, 6) is 0.373. The van der Waals surface area contributed by atoms with Gasteiger partial charge in [-0.1, -0.05) is 25.1 Å². The summed E-state index contributed by atoms with van der Waals surface area (Å²) in [6, 6.07) is 11.7. The lowest BCUT2D eigenvalue weighted by molar-refractivity contribution is -0.120. The standard InChI is InChI=1S/C25H30FNO5/c1-25(15-30-16-25)17-32-23-12-18(9-10-22(23)29-2)13-27(14-19-6-5-11-31-19)24(28)20-7-3-4-8-21(20)26/h3-4,7-10,12,19H,5-6,11,13-17H2,1-2H3/t19-/m1/s1. The number of ether oxygens (including phenoxy) is 4. The molecule has 0 N–H and O–H groups in total. The Bertz CT molecular complexity index is 940. The SMILES string of the molecule is COc1ccc(CN(C[C@H]2CCCO2)C(=O)c2ccccc2F)cc1OCC1(C)COC1. The minimum absolute atomic E-state index is 0.00628. The van der Waals surface area contributed by atoms with Gasteiger partial charge in [-0.15, -0.1) is 0 Å². The molecule has 0 spiro atoms. The van der Waals surface area contributed by atoms with Gasteiger partial charge in [-0.2, -0.15) is 0 Å². The number of methoxy groups -OCH3 is 1. The largest absolute Gasteiger partial charge is 0.493 e. The number of carbonyl (C=O) groups is 1. The van der Waals surface area contributed by atoms with Crippen molar-refractivity contribution in [2.75, 3.05) is 40.1 Å². The van der Waals surface area contributed by atoms with Gasteiger partial charge in [-0.3, -0.25) is 4.79 Å². The predicted octanol–water partition coefficient (Wildman–Crippen LogP) is 4.07. The van der Waals surface area contributed by atoms with Crippen molar-refractivity contribution in [3.63, 3.8) is 0 Å². The molecule has 1 amide bonds. The molecule has 7 heteroatoms. The fourth-order valence-corrected chi connectivity index (χ4v) is 4.00. The summed E-state index contributed by atoms with van der Waals surface area (Å²) in [4.78, 5) is 14.9. The van der Waals surface area contributed by atoms with Gasteiger partial charge in [0.05, 0.1) is 38.6 Å². The normalized spacial score (nSPS) is 19.3. The van der Waals surface area contributed by atoms with E-state index in [-0.39, 0.29) is 23.0 Å². The highest BCUT2D eigenvalue weighted by Gasteiger charge is 2.34. The number of hydrogen-bond donors (Lipinski definition) is 0. The molecule has 1 atom stereocenters. The third-order valence-electron chi connectivity index (χ3n) is 5.92. The zero-order chi connectivity index (χ0) is 22.6. The Hall–Kier alpha value is -2.64. The summed E-state index contributed by atoms with van der Waals surface area (Å²) in [6.07, 6.45) is 1.81. The number of amides is 1. The average Bonchev–Trinajstić information content (AvgIpc) is 3.29. The second kappa shape index (κ2) is 9.88. The number of halogens is 1. The van der Waals surface area contributed by atoms with E-state index in [0.717, 1.165) is 18.4 Å². The predicted molar refractivity (Wildman–Crippen MR) is 118 cm³/mol. The first kappa shape index (κ1) is 22.6. The molecule has 0 unspecified atom stereocenters. The van der Waals surface area contributed by atoms with E-state index >= 15 is 0 Å². The van der Waals surface area contributed by atoms with Gasteiger partial charge < -0.3 is 23.8 Å². The van der Waals surface area contributed by atoms with Crippen LogP contribution in [-0.2, 0) is 16.0 Å². The highest BCUT2D eigenvalue weighted by atomic mass is 19.1. The van der Waals surface area contributed by atoms with Gasteiger partial charge in [0.2, 0.25) is 0 Å². The molecule has 4 rings (SSSR count). The summed E-state index contributed by atoms with van der Waals surface area (Å²) in [5.41, 5.74) is 0.931. The second-order valence-corrected chi connectivity index (χ2v) is 8.88. The molecule has 0 radical (unpaired) electrons. The summed E-state index contributed by atoms with van der Waals surface area (Å²) in [5, 5.41) is 0. The van der Waals surface area contributed by atoms with Gasteiger partial charge in [-0.05, 0) is 42.7 Å². The van der Waals surface area contributed by atoms with E-state index in [2.05, 4.69) is 6.92 Å². The molecule has 2 heterocycles. The van der Waals surface area contributed by atoms with E-state index in [1.54, 1.807) is 24.1 Å². The topological polar surface area (TPSA) is 57.2 Å².